The Hall–Kier alpha value is -2.73. The Balaban J connectivity index is 1.76. The largest absolute Gasteiger partial charge is 0.490 e. The van der Waals surface area contributed by atoms with Crippen molar-refractivity contribution < 1.29 is 17.9 Å². The first-order valence-corrected chi connectivity index (χ1v) is 10.4. The summed E-state index contributed by atoms with van der Waals surface area (Å²) in [5.41, 5.74) is 1.56. The normalized spacial score (nSPS) is 14.5. The van der Waals surface area contributed by atoms with E-state index in [0.29, 0.717) is 29.6 Å². The lowest BCUT2D eigenvalue weighted by molar-refractivity contribution is 0.287. The Morgan fingerprint density at radius 2 is 1.59 bits per heavy atom. The lowest BCUT2D eigenvalue weighted by Crippen LogP contribution is -2.26. The summed E-state index contributed by atoms with van der Waals surface area (Å²) in [5.74, 6) is 1.29. The van der Waals surface area contributed by atoms with Gasteiger partial charge < -0.3 is 9.47 Å². The number of rotatable bonds is 6. The molecule has 5 nitrogen and oxygen atoms in total. The maximum Gasteiger partial charge on any atom is 0.265 e. The summed E-state index contributed by atoms with van der Waals surface area (Å²) in [6, 6.07) is 16.6. The van der Waals surface area contributed by atoms with Crippen molar-refractivity contribution in [2.75, 3.05) is 17.5 Å². The molecule has 0 spiro atoms. The fourth-order valence-corrected chi connectivity index (χ4v) is 5.19. The molecule has 27 heavy (non-hydrogen) atoms. The predicted molar refractivity (Wildman–Crippen MR) is 106 cm³/mol. The predicted octanol–water partition coefficient (Wildman–Crippen LogP) is 4.35. The molecule has 0 amide bonds. The fraction of sp³-hybridized carbons (Fsp3) is 0.238. The lowest BCUT2D eigenvalue weighted by atomic mass is 10.1. The Labute approximate surface area is 159 Å². The van der Waals surface area contributed by atoms with E-state index in [9.17, 15) is 8.42 Å². The molecule has 3 aromatic carbocycles. The van der Waals surface area contributed by atoms with Crippen LogP contribution in [0.3, 0.4) is 0 Å². The second-order valence-corrected chi connectivity index (χ2v) is 8.12. The van der Waals surface area contributed by atoms with E-state index in [0.717, 1.165) is 22.0 Å². The van der Waals surface area contributed by atoms with E-state index < -0.39 is 10.0 Å². The van der Waals surface area contributed by atoms with E-state index in [1.54, 1.807) is 12.1 Å². The van der Waals surface area contributed by atoms with Gasteiger partial charge >= 0.3 is 0 Å². The molecular weight excluding hydrogens is 362 g/mol. The van der Waals surface area contributed by atoms with Crippen LogP contribution in [0.25, 0.3) is 10.8 Å². The number of anilines is 1. The van der Waals surface area contributed by atoms with Crippen molar-refractivity contribution in [3.63, 3.8) is 0 Å². The van der Waals surface area contributed by atoms with Gasteiger partial charge in [-0.05, 0) is 49.1 Å². The minimum Gasteiger partial charge on any atom is -0.490 e. The molecule has 0 saturated heterocycles. The van der Waals surface area contributed by atoms with Crippen molar-refractivity contribution in [1.29, 1.82) is 0 Å². The maximum absolute atomic E-state index is 13.1. The average Bonchev–Trinajstić information content (AvgIpc) is 2.88. The van der Waals surface area contributed by atoms with Crippen LogP contribution in [0.4, 0.5) is 5.69 Å². The van der Waals surface area contributed by atoms with Gasteiger partial charge in [-0.25, -0.2) is 8.42 Å². The second kappa shape index (κ2) is 6.78. The highest BCUT2D eigenvalue weighted by atomic mass is 32.2. The van der Waals surface area contributed by atoms with Gasteiger partial charge in [0.25, 0.3) is 10.0 Å². The molecule has 0 atom stereocenters. The third kappa shape index (κ3) is 2.90. The highest BCUT2D eigenvalue weighted by molar-refractivity contribution is 7.93. The Morgan fingerprint density at radius 1 is 0.889 bits per heavy atom. The van der Waals surface area contributed by atoms with Gasteiger partial charge in [0.1, 0.15) is 0 Å². The molecular formula is C21H21NO4S. The molecule has 0 aromatic heterocycles. The molecule has 140 valence electrons. The van der Waals surface area contributed by atoms with Gasteiger partial charge in [-0.1, -0.05) is 30.3 Å². The first-order chi connectivity index (χ1) is 13.1. The molecule has 3 aromatic rings. The molecule has 0 fully saturated rings. The summed E-state index contributed by atoms with van der Waals surface area (Å²) in [6.07, 6.45) is 0. The summed E-state index contributed by atoms with van der Waals surface area (Å²) >= 11 is 0. The van der Waals surface area contributed by atoms with Crippen molar-refractivity contribution in [3.8, 4) is 11.5 Å². The van der Waals surface area contributed by atoms with Crippen LogP contribution in [0.5, 0.6) is 11.5 Å². The molecule has 4 rings (SSSR count). The summed E-state index contributed by atoms with van der Waals surface area (Å²) in [5, 5.41) is 1.72. The summed E-state index contributed by atoms with van der Waals surface area (Å²) in [4.78, 5) is 0.367. The molecule has 0 saturated carbocycles. The minimum absolute atomic E-state index is 0.239. The monoisotopic (exact) mass is 383 g/mol. The smallest absolute Gasteiger partial charge is 0.265 e. The van der Waals surface area contributed by atoms with Gasteiger partial charge in [-0.2, -0.15) is 0 Å². The van der Waals surface area contributed by atoms with Crippen LogP contribution in [0.2, 0.25) is 0 Å². The Kier molecular flexibility index (Phi) is 4.44. The van der Waals surface area contributed by atoms with Gasteiger partial charge in [-0.15, -0.1) is 0 Å². The molecule has 0 aliphatic carbocycles. The standard InChI is InChI=1S/C21H21NO4S/c1-3-25-18-12-11-15(13-19(18)26-4-2)14-22-17-9-5-7-16-8-6-10-20(21(16)17)27(22,23)24/h5-13H,3-4,14H2,1-2H3. The van der Waals surface area contributed by atoms with Crippen molar-refractivity contribution in [1.82, 2.24) is 0 Å². The van der Waals surface area contributed by atoms with E-state index in [2.05, 4.69) is 0 Å². The number of ether oxygens (including phenoxy) is 2. The third-order valence-electron chi connectivity index (χ3n) is 4.62. The van der Waals surface area contributed by atoms with Crippen LogP contribution in [-0.4, -0.2) is 21.6 Å². The van der Waals surface area contributed by atoms with Gasteiger partial charge in [0.15, 0.2) is 11.5 Å². The SMILES string of the molecule is CCOc1ccc(CN2c3cccc4cccc(c34)S2(=O)=O)cc1OCC. The molecule has 0 bridgehead atoms. The summed E-state index contributed by atoms with van der Waals surface area (Å²) in [6.45, 7) is 5.11. The van der Waals surface area contributed by atoms with Crippen molar-refractivity contribution in [2.24, 2.45) is 0 Å². The van der Waals surface area contributed by atoms with Crippen LogP contribution in [-0.2, 0) is 16.6 Å². The minimum atomic E-state index is -3.58. The van der Waals surface area contributed by atoms with Crippen LogP contribution < -0.4 is 13.8 Å². The van der Waals surface area contributed by atoms with E-state index in [1.807, 2.05) is 56.3 Å². The van der Waals surface area contributed by atoms with Gasteiger partial charge in [0, 0.05) is 5.39 Å². The number of sulfonamides is 1. The van der Waals surface area contributed by atoms with Crippen LogP contribution in [0.15, 0.2) is 59.5 Å². The van der Waals surface area contributed by atoms with Crippen molar-refractivity contribution in [3.05, 3.63) is 60.2 Å². The van der Waals surface area contributed by atoms with E-state index >= 15 is 0 Å². The average molecular weight is 383 g/mol. The Morgan fingerprint density at radius 3 is 2.33 bits per heavy atom. The third-order valence-corrected chi connectivity index (χ3v) is 6.42. The topological polar surface area (TPSA) is 55.8 Å². The quantitative estimate of drug-likeness (QED) is 0.635. The number of benzene rings is 3. The Bertz CT molecular complexity index is 1100. The zero-order valence-corrected chi connectivity index (χ0v) is 16.1. The fourth-order valence-electron chi connectivity index (χ4n) is 3.49. The molecule has 0 radical (unpaired) electrons. The van der Waals surface area contributed by atoms with Gasteiger partial charge in [0.2, 0.25) is 0 Å². The zero-order valence-electron chi connectivity index (χ0n) is 15.3. The van der Waals surface area contributed by atoms with E-state index in [1.165, 1.54) is 4.31 Å². The molecule has 1 heterocycles. The summed E-state index contributed by atoms with van der Waals surface area (Å²) in [7, 11) is -3.58. The zero-order chi connectivity index (χ0) is 19.0. The first kappa shape index (κ1) is 17.7. The van der Waals surface area contributed by atoms with Crippen molar-refractivity contribution in [2.45, 2.75) is 25.3 Å². The molecule has 1 aliphatic rings. The molecule has 6 heteroatoms. The highest BCUT2D eigenvalue weighted by Gasteiger charge is 2.35. The second-order valence-electron chi connectivity index (χ2n) is 6.29. The number of hydrogen-bond acceptors (Lipinski definition) is 4. The van der Waals surface area contributed by atoms with Crippen LogP contribution >= 0.6 is 0 Å². The van der Waals surface area contributed by atoms with Crippen LogP contribution in [0, 0.1) is 0 Å². The highest BCUT2D eigenvalue weighted by Crippen LogP contribution is 2.43. The first-order valence-electron chi connectivity index (χ1n) is 8.99. The van der Waals surface area contributed by atoms with Gasteiger partial charge in [0.05, 0.1) is 30.3 Å². The maximum atomic E-state index is 13.1. The van der Waals surface area contributed by atoms with E-state index in [-0.39, 0.29) is 6.54 Å². The number of nitrogens with zero attached hydrogens (tertiary/aromatic N) is 1. The van der Waals surface area contributed by atoms with Crippen LogP contribution in [0.1, 0.15) is 19.4 Å². The molecule has 0 unspecified atom stereocenters. The molecule has 0 N–H and O–H groups in total. The van der Waals surface area contributed by atoms with E-state index in [4.69, 9.17) is 9.47 Å². The molecule has 1 aliphatic heterocycles. The van der Waals surface area contributed by atoms with Crippen molar-refractivity contribution >= 4 is 26.5 Å². The summed E-state index contributed by atoms with van der Waals surface area (Å²) < 4.78 is 39.0. The lowest BCUT2D eigenvalue weighted by Gasteiger charge is -2.20. The van der Waals surface area contributed by atoms with Gasteiger partial charge in [-0.3, -0.25) is 4.31 Å². The number of hydrogen-bond donors (Lipinski definition) is 0.